The number of likely N-dealkylation sites (N-methyl/N-ethyl adjacent to an activating group) is 1. The molecule has 0 spiro atoms. The number of hydrogen-bond donors (Lipinski definition) is 1. The summed E-state index contributed by atoms with van der Waals surface area (Å²) in [5.74, 6) is 0.0261. The Balaban J connectivity index is 2.88. The first kappa shape index (κ1) is 17.6. The Labute approximate surface area is 128 Å². The number of aromatic nitrogens is 1. The number of hydrogen-bond acceptors (Lipinski definition) is 4. The van der Waals surface area contributed by atoms with E-state index in [4.69, 9.17) is 5.73 Å². The molecule has 1 amide bonds. The normalized spacial score (nSPS) is 11.7. The average molecular weight is 292 g/mol. The van der Waals surface area contributed by atoms with Gasteiger partial charge in [-0.25, -0.2) is 0 Å². The Hall–Kier alpha value is -1.46. The number of carbonyl (C=O) groups is 1. The van der Waals surface area contributed by atoms with Crippen molar-refractivity contribution in [3.05, 3.63) is 30.1 Å². The summed E-state index contributed by atoms with van der Waals surface area (Å²) in [4.78, 5) is 20.8. The maximum Gasteiger partial charge on any atom is 0.242 e. The molecule has 0 saturated carbocycles. The largest absolute Gasteiger partial charge is 0.335 e. The van der Waals surface area contributed by atoms with Crippen LogP contribution in [0, 0.1) is 0 Å². The van der Waals surface area contributed by atoms with E-state index in [1.54, 1.807) is 12.4 Å². The highest BCUT2D eigenvalue weighted by atomic mass is 16.2. The number of nitrogens with zero attached hydrogens (tertiary/aromatic N) is 3. The fourth-order valence-electron chi connectivity index (χ4n) is 2.15. The van der Waals surface area contributed by atoms with Crippen molar-refractivity contribution in [2.75, 3.05) is 27.2 Å². The zero-order valence-electron chi connectivity index (χ0n) is 13.7. The van der Waals surface area contributed by atoms with Crippen molar-refractivity contribution in [3.63, 3.8) is 0 Å². The Bertz CT molecular complexity index is 429. The quantitative estimate of drug-likeness (QED) is 0.788. The van der Waals surface area contributed by atoms with Gasteiger partial charge in [-0.05, 0) is 38.6 Å². The van der Waals surface area contributed by atoms with Crippen molar-refractivity contribution in [2.24, 2.45) is 5.73 Å². The first-order valence-corrected chi connectivity index (χ1v) is 7.54. The van der Waals surface area contributed by atoms with Crippen LogP contribution in [-0.2, 0) is 11.3 Å². The van der Waals surface area contributed by atoms with Crippen LogP contribution in [0.1, 0.15) is 32.3 Å². The second-order valence-electron chi connectivity index (χ2n) is 5.75. The van der Waals surface area contributed by atoms with Crippen molar-refractivity contribution in [1.29, 1.82) is 0 Å². The number of pyridine rings is 1. The minimum absolute atomic E-state index is 0.0261. The molecule has 0 radical (unpaired) electrons. The molecule has 5 nitrogen and oxygen atoms in total. The van der Waals surface area contributed by atoms with Crippen LogP contribution in [0.5, 0.6) is 0 Å². The summed E-state index contributed by atoms with van der Waals surface area (Å²) in [6.45, 7) is 5.97. The Morgan fingerprint density at radius 3 is 2.43 bits per heavy atom. The smallest absolute Gasteiger partial charge is 0.242 e. The highest BCUT2D eigenvalue weighted by molar-refractivity contribution is 5.86. The maximum atomic E-state index is 12.8. The molecule has 1 aromatic heterocycles. The zero-order chi connectivity index (χ0) is 15.9. The molecule has 5 heteroatoms. The standard InChI is InChI=1S/C16H28N4O/c1-5-16(17,6-2)15(21)20(11-10-19(3)4)13-14-8-7-9-18-12-14/h7-9,12H,5-6,10-11,13,17H2,1-4H3. The first-order valence-electron chi connectivity index (χ1n) is 7.54. The molecule has 0 bridgehead atoms. The van der Waals surface area contributed by atoms with Crippen molar-refractivity contribution in [1.82, 2.24) is 14.8 Å². The van der Waals surface area contributed by atoms with E-state index >= 15 is 0 Å². The lowest BCUT2D eigenvalue weighted by Crippen LogP contribution is -2.55. The van der Waals surface area contributed by atoms with E-state index in [9.17, 15) is 4.79 Å². The first-order chi connectivity index (χ1) is 9.92. The minimum atomic E-state index is -0.769. The van der Waals surface area contributed by atoms with Gasteiger partial charge in [0.2, 0.25) is 5.91 Å². The van der Waals surface area contributed by atoms with Crippen molar-refractivity contribution in [3.8, 4) is 0 Å². The third-order valence-electron chi connectivity index (χ3n) is 3.89. The molecular weight excluding hydrogens is 264 g/mol. The van der Waals surface area contributed by atoms with Crippen LogP contribution < -0.4 is 5.73 Å². The van der Waals surface area contributed by atoms with Gasteiger partial charge in [-0.3, -0.25) is 9.78 Å². The van der Waals surface area contributed by atoms with Crippen LogP contribution in [0.2, 0.25) is 0 Å². The topological polar surface area (TPSA) is 62.5 Å². The van der Waals surface area contributed by atoms with E-state index in [-0.39, 0.29) is 5.91 Å². The second kappa shape index (κ2) is 8.10. The number of amides is 1. The van der Waals surface area contributed by atoms with Crippen LogP contribution in [0.3, 0.4) is 0 Å². The van der Waals surface area contributed by atoms with E-state index in [2.05, 4.69) is 9.88 Å². The summed E-state index contributed by atoms with van der Waals surface area (Å²) < 4.78 is 0. The summed E-state index contributed by atoms with van der Waals surface area (Å²) in [6.07, 6.45) is 4.83. The summed E-state index contributed by atoms with van der Waals surface area (Å²) in [5.41, 5.74) is 6.54. The lowest BCUT2D eigenvalue weighted by molar-refractivity contribution is -0.138. The molecular formula is C16H28N4O. The summed E-state index contributed by atoms with van der Waals surface area (Å²) in [5, 5.41) is 0. The molecule has 0 aliphatic rings. The monoisotopic (exact) mass is 292 g/mol. The predicted octanol–water partition coefficient (Wildman–Crippen LogP) is 1.49. The van der Waals surface area contributed by atoms with Crippen LogP contribution in [0.4, 0.5) is 0 Å². The molecule has 0 aliphatic carbocycles. The SMILES string of the molecule is CCC(N)(CC)C(=O)N(CCN(C)C)Cc1cccnc1. The van der Waals surface area contributed by atoms with Gasteiger partial charge in [-0.15, -0.1) is 0 Å². The number of rotatable bonds is 8. The van der Waals surface area contributed by atoms with Gasteiger partial charge < -0.3 is 15.5 Å². The molecule has 0 atom stereocenters. The molecule has 1 heterocycles. The maximum absolute atomic E-state index is 12.8. The van der Waals surface area contributed by atoms with Crippen LogP contribution in [0.15, 0.2) is 24.5 Å². The van der Waals surface area contributed by atoms with Gasteiger partial charge >= 0.3 is 0 Å². The molecule has 0 saturated heterocycles. The zero-order valence-corrected chi connectivity index (χ0v) is 13.7. The van der Waals surface area contributed by atoms with Crippen LogP contribution in [-0.4, -0.2) is 53.4 Å². The molecule has 0 fully saturated rings. The van der Waals surface area contributed by atoms with E-state index in [1.165, 1.54) is 0 Å². The van der Waals surface area contributed by atoms with E-state index < -0.39 is 5.54 Å². The lowest BCUT2D eigenvalue weighted by atomic mass is 9.92. The molecule has 118 valence electrons. The third kappa shape index (κ3) is 5.10. The molecule has 1 aromatic rings. The second-order valence-corrected chi connectivity index (χ2v) is 5.75. The highest BCUT2D eigenvalue weighted by Crippen LogP contribution is 2.17. The molecule has 2 N–H and O–H groups in total. The fourth-order valence-corrected chi connectivity index (χ4v) is 2.15. The summed E-state index contributed by atoms with van der Waals surface area (Å²) in [7, 11) is 4.00. The van der Waals surface area contributed by atoms with Gasteiger partial charge in [-0.2, -0.15) is 0 Å². The Morgan fingerprint density at radius 2 is 1.95 bits per heavy atom. The Morgan fingerprint density at radius 1 is 1.29 bits per heavy atom. The molecule has 1 rings (SSSR count). The molecule has 21 heavy (non-hydrogen) atoms. The van der Waals surface area contributed by atoms with Crippen LogP contribution in [0.25, 0.3) is 0 Å². The summed E-state index contributed by atoms with van der Waals surface area (Å²) in [6, 6.07) is 3.87. The van der Waals surface area contributed by atoms with Gasteiger partial charge in [0.25, 0.3) is 0 Å². The number of nitrogens with two attached hydrogens (primary N) is 1. The average Bonchev–Trinajstić information content (AvgIpc) is 2.50. The van der Waals surface area contributed by atoms with Gasteiger partial charge in [0.15, 0.2) is 0 Å². The van der Waals surface area contributed by atoms with Gasteiger partial charge in [-0.1, -0.05) is 19.9 Å². The van der Waals surface area contributed by atoms with Gasteiger partial charge in [0, 0.05) is 32.0 Å². The molecule has 0 aromatic carbocycles. The predicted molar refractivity (Wildman–Crippen MR) is 85.7 cm³/mol. The van der Waals surface area contributed by atoms with E-state index in [1.807, 2.05) is 45.0 Å². The lowest BCUT2D eigenvalue weighted by Gasteiger charge is -2.33. The molecule has 0 unspecified atom stereocenters. The summed E-state index contributed by atoms with van der Waals surface area (Å²) >= 11 is 0. The van der Waals surface area contributed by atoms with Crippen LogP contribution >= 0.6 is 0 Å². The molecule has 0 aliphatic heterocycles. The van der Waals surface area contributed by atoms with Gasteiger partial charge in [0.05, 0.1) is 5.54 Å². The number of carbonyl (C=O) groups excluding carboxylic acids is 1. The third-order valence-corrected chi connectivity index (χ3v) is 3.89. The highest BCUT2D eigenvalue weighted by Gasteiger charge is 2.33. The fraction of sp³-hybridized carbons (Fsp3) is 0.625. The van der Waals surface area contributed by atoms with Crippen molar-refractivity contribution < 1.29 is 4.79 Å². The van der Waals surface area contributed by atoms with Gasteiger partial charge in [0.1, 0.15) is 0 Å². The van der Waals surface area contributed by atoms with Crippen molar-refractivity contribution in [2.45, 2.75) is 38.8 Å². The Kier molecular flexibility index (Phi) is 6.78. The van der Waals surface area contributed by atoms with Crippen molar-refractivity contribution >= 4 is 5.91 Å². The van der Waals surface area contributed by atoms with E-state index in [0.29, 0.717) is 25.9 Å². The van der Waals surface area contributed by atoms with E-state index in [0.717, 1.165) is 12.1 Å². The minimum Gasteiger partial charge on any atom is -0.335 e.